The van der Waals surface area contributed by atoms with Gasteiger partial charge in [-0.15, -0.1) is 11.8 Å². The van der Waals surface area contributed by atoms with Crippen LogP contribution in [0.25, 0.3) is 0 Å². The number of carbonyl (C=O) groups excluding carboxylic acids is 1. The predicted octanol–water partition coefficient (Wildman–Crippen LogP) is 5.02. The highest BCUT2D eigenvalue weighted by atomic mass is 32.2. The van der Waals surface area contributed by atoms with E-state index in [9.17, 15) is 4.79 Å². The van der Waals surface area contributed by atoms with Crippen LogP contribution in [0.3, 0.4) is 0 Å². The van der Waals surface area contributed by atoms with Crippen LogP contribution in [0.15, 0.2) is 41.3 Å². The molecule has 1 fully saturated rings. The second-order valence-corrected chi connectivity index (χ2v) is 7.44. The van der Waals surface area contributed by atoms with Crippen molar-refractivity contribution in [2.45, 2.75) is 55.1 Å². The summed E-state index contributed by atoms with van der Waals surface area (Å²) in [5.41, 5.74) is 0.915. The van der Waals surface area contributed by atoms with Crippen LogP contribution < -0.4 is 5.32 Å². The minimum atomic E-state index is 0.128. The maximum atomic E-state index is 12.0. The second-order valence-electron chi connectivity index (χ2n) is 6.07. The van der Waals surface area contributed by atoms with Crippen molar-refractivity contribution in [3.8, 4) is 0 Å². The van der Waals surface area contributed by atoms with Gasteiger partial charge in [0.1, 0.15) is 0 Å². The standard InChI is InChI=1S/C18H23NOS/c20-18(13-14-5-1-2-6-14)19-15-9-11-17(12-10-15)21-16-7-3-4-8-16/h1,5,9-12,14,16H,2-4,6-8,13H2,(H,19,20). The minimum Gasteiger partial charge on any atom is -0.326 e. The number of amides is 1. The van der Waals surface area contributed by atoms with Crippen LogP contribution in [0.2, 0.25) is 0 Å². The predicted molar refractivity (Wildman–Crippen MR) is 89.7 cm³/mol. The number of hydrogen-bond acceptors (Lipinski definition) is 2. The topological polar surface area (TPSA) is 29.1 Å². The van der Waals surface area contributed by atoms with Crippen molar-refractivity contribution in [1.29, 1.82) is 0 Å². The molecule has 1 unspecified atom stereocenters. The molecule has 0 bridgehead atoms. The third-order valence-electron chi connectivity index (χ3n) is 4.30. The average molecular weight is 301 g/mol. The lowest BCUT2D eigenvalue weighted by molar-refractivity contribution is -0.116. The summed E-state index contributed by atoms with van der Waals surface area (Å²) in [6.07, 6.45) is 12.6. The van der Waals surface area contributed by atoms with Gasteiger partial charge in [-0.05, 0) is 55.9 Å². The first-order chi connectivity index (χ1) is 10.3. The number of rotatable bonds is 5. The number of allylic oxidation sites excluding steroid dienone is 2. The molecule has 0 radical (unpaired) electrons. The molecule has 21 heavy (non-hydrogen) atoms. The zero-order valence-corrected chi connectivity index (χ0v) is 13.2. The van der Waals surface area contributed by atoms with Crippen molar-refractivity contribution in [3.63, 3.8) is 0 Å². The molecule has 1 saturated carbocycles. The van der Waals surface area contributed by atoms with E-state index in [1.807, 2.05) is 23.9 Å². The summed E-state index contributed by atoms with van der Waals surface area (Å²) in [5, 5.41) is 3.80. The van der Waals surface area contributed by atoms with Crippen LogP contribution in [0.1, 0.15) is 44.9 Å². The molecule has 2 aliphatic carbocycles. The van der Waals surface area contributed by atoms with E-state index in [0.717, 1.165) is 23.8 Å². The van der Waals surface area contributed by atoms with E-state index in [0.29, 0.717) is 12.3 Å². The van der Waals surface area contributed by atoms with Crippen LogP contribution >= 0.6 is 11.8 Å². The van der Waals surface area contributed by atoms with Crippen molar-refractivity contribution in [2.24, 2.45) is 5.92 Å². The Morgan fingerprint density at radius 1 is 1.14 bits per heavy atom. The molecule has 1 N–H and O–H groups in total. The molecule has 0 heterocycles. The molecule has 3 heteroatoms. The van der Waals surface area contributed by atoms with Gasteiger partial charge in [-0.2, -0.15) is 0 Å². The van der Waals surface area contributed by atoms with Crippen molar-refractivity contribution in [1.82, 2.24) is 0 Å². The van der Waals surface area contributed by atoms with Gasteiger partial charge in [-0.3, -0.25) is 4.79 Å². The van der Waals surface area contributed by atoms with Gasteiger partial charge in [0.05, 0.1) is 0 Å². The Labute approximate surface area is 131 Å². The molecule has 1 aromatic carbocycles. The fourth-order valence-electron chi connectivity index (χ4n) is 3.13. The van der Waals surface area contributed by atoms with Gasteiger partial charge in [-0.1, -0.05) is 25.0 Å². The zero-order chi connectivity index (χ0) is 14.5. The summed E-state index contributed by atoms with van der Waals surface area (Å²) in [5.74, 6) is 0.560. The molecular formula is C18H23NOS. The number of benzene rings is 1. The smallest absolute Gasteiger partial charge is 0.224 e. The Kier molecular flexibility index (Phi) is 5.02. The Morgan fingerprint density at radius 2 is 1.90 bits per heavy atom. The third-order valence-corrected chi connectivity index (χ3v) is 5.65. The molecule has 2 aliphatic rings. The van der Waals surface area contributed by atoms with Gasteiger partial charge in [0.15, 0.2) is 0 Å². The highest BCUT2D eigenvalue weighted by Gasteiger charge is 2.16. The van der Waals surface area contributed by atoms with Crippen LogP contribution in [0, 0.1) is 5.92 Å². The molecule has 0 saturated heterocycles. The Bertz CT molecular complexity index is 502. The summed E-state index contributed by atoms with van der Waals surface area (Å²) in [7, 11) is 0. The van der Waals surface area contributed by atoms with E-state index >= 15 is 0 Å². The second kappa shape index (κ2) is 7.17. The van der Waals surface area contributed by atoms with E-state index in [4.69, 9.17) is 0 Å². The summed E-state index contributed by atoms with van der Waals surface area (Å²) >= 11 is 1.98. The van der Waals surface area contributed by atoms with Crippen molar-refractivity contribution in [3.05, 3.63) is 36.4 Å². The molecule has 0 spiro atoms. The van der Waals surface area contributed by atoms with Gasteiger partial charge in [0.2, 0.25) is 5.91 Å². The highest BCUT2D eigenvalue weighted by molar-refractivity contribution is 8.00. The SMILES string of the molecule is O=C(CC1C=CCC1)Nc1ccc(SC2CCCC2)cc1. The molecule has 0 aliphatic heterocycles. The molecule has 3 rings (SSSR count). The van der Waals surface area contributed by atoms with Crippen LogP contribution in [-0.4, -0.2) is 11.2 Å². The van der Waals surface area contributed by atoms with E-state index in [-0.39, 0.29) is 5.91 Å². The largest absolute Gasteiger partial charge is 0.326 e. The monoisotopic (exact) mass is 301 g/mol. The first-order valence-electron chi connectivity index (χ1n) is 8.03. The fourth-order valence-corrected chi connectivity index (χ4v) is 4.38. The average Bonchev–Trinajstić information content (AvgIpc) is 3.14. The zero-order valence-electron chi connectivity index (χ0n) is 12.4. The van der Waals surface area contributed by atoms with Gasteiger partial charge < -0.3 is 5.32 Å². The first-order valence-corrected chi connectivity index (χ1v) is 8.91. The van der Waals surface area contributed by atoms with E-state index in [2.05, 4.69) is 29.6 Å². The number of anilines is 1. The normalized spacial score (nSPS) is 21.8. The summed E-state index contributed by atoms with van der Waals surface area (Å²) in [6, 6.07) is 8.32. The molecule has 1 atom stereocenters. The molecule has 112 valence electrons. The van der Waals surface area contributed by atoms with E-state index in [1.54, 1.807) is 0 Å². The van der Waals surface area contributed by atoms with Crippen LogP contribution in [0.5, 0.6) is 0 Å². The Hall–Kier alpha value is -1.22. The minimum absolute atomic E-state index is 0.128. The fraction of sp³-hybridized carbons (Fsp3) is 0.500. The number of nitrogens with one attached hydrogen (secondary N) is 1. The molecule has 1 aromatic rings. The molecular weight excluding hydrogens is 278 g/mol. The summed E-state index contributed by atoms with van der Waals surface area (Å²) < 4.78 is 0. The molecule has 1 amide bonds. The van der Waals surface area contributed by atoms with Gasteiger partial charge in [0.25, 0.3) is 0 Å². The quantitative estimate of drug-likeness (QED) is 0.774. The Balaban J connectivity index is 1.49. The summed E-state index contributed by atoms with van der Waals surface area (Å²) in [4.78, 5) is 13.3. The lowest BCUT2D eigenvalue weighted by Gasteiger charge is -2.11. The van der Waals surface area contributed by atoms with Crippen LogP contribution in [-0.2, 0) is 4.79 Å². The van der Waals surface area contributed by atoms with Crippen molar-refractivity contribution in [2.75, 3.05) is 5.32 Å². The number of carbonyl (C=O) groups is 1. The van der Waals surface area contributed by atoms with E-state index in [1.165, 1.54) is 30.6 Å². The lowest BCUT2D eigenvalue weighted by Crippen LogP contribution is -2.14. The third kappa shape index (κ3) is 4.37. The van der Waals surface area contributed by atoms with Gasteiger partial charge >= 0.3 is 0 Å². The highest BCUT2D eigenvalue weighted by Crippen LogP contribution is 2.35. The molecule has 2 nitrogen and oxygen atoms in total. The van der Waals surface area contributed by atoms with Crippen molar-refractivity contribution >= 4 is 23.4 Å². The van der Waals surface area contributed by atoms with Gasteiger partial charge in [0, 0.05) is 22.3 Å². The van der Waals surface area contributed by atoms with Gasteiger partial charge in [-0.25, -0.2) is 0 Å². The molecule has 0 aromatic heterocycles. The lowest BCUT2D eigenvalue weighted by atomic mass is 10.1. The number of hydrogen-bond donors (Lipinski definition) is 1. The maximum absolute atomic E-state index is 12.0. The number of thioether (sulfide) groups is 1. The maximum Gasteiger partial charge on any atom is 0.224 e. The first kappa shape index (κ1) is 14.7. The van der Waals surface area contributed by atoms with Crippen LogP contribution in [0.4, 0.5) is 5.69 Å². The summed E-state index contributed by atoms with van der Waals surface area (Å²) in [6.45, 7) is 0. The Morgan fingerprint density at radius 3 is 2.57 bits per heavy atom. The van der Waals surface area contributed by atoms with E-state index < -0.39 is 0 Å². The van der Waals surface area contributed by atoms with Crippen molar-refractivity contribution < 1.29 is 4.79 Å².